The van der Waals surface area contributed by atoms with Gasteiger partial charge in [-0.1, -0.05) is 35.5 Å². The zero-order chi connectivity index (χ0) is 10.7. The molecule has 0 bridgehead atoms. The van der Waals surface area contributed by atoms with Gasteiger partial charge in [0.2, 0.25) is 0 Å². The van der Waals surface area contributed by atoms with E-state index in [9.17, 15) is 5.11 Å². The molecular weight excluding hydrogens is 190 g/mol. The molecular formula is C12H13NO2. The summed E-state index contributed by atoms with van der Waals surface area (Å²) in [6.07, 6.45) is 0.0985. The van der Waals surface area contributed by atoms with E-state index in [1.54, 1.807) is 6.92 Å². The quantitative estimate of drug-likeness (QED) is 0.832. The molecule has 3 nitrogen and oxygen atoms in total. The van der Waals surface area contributed by atoms with Crippen molar-refractivity contribution >= 4 is 0 Å². The zero-order valence-corrected chi connectivity index (χ0v) is 8.55. The lowest BCUT2D eigenvalue weighted by atomic mass is 10.1. The fourth-order valence-corrected chi connectivity index (χ4v) is 1.45. The highest BCUT2D eigenvalue weighted by molar-refractivity contribution is 5.58. The van der Waals surface area contributed by atoms with Crippen molar-refractivity contribution in [2.75, 3.05) is 0 Å². The molecule has 0 fully saturated rings. The summed E-state index contributed by atoms with van der Waals surface area (Å²) in [5, 5.41) is 13.2. The van der Waals surface area contributed by atoms with Gasteiger partial charge in [-0.25, -0.2) is 0 Å². The summed E-state index contributed by atoms with van der Waals surface area (Å²) in [5.74, 6) is 0.712. The average Bonchev–Trinajstić information content (AvgIpc) is 2.67. The zero-order valence-electron chi connectivity index (χ0n) is 8.55. The molecule has 2 aromatic rings. The third kappa shape index (κ3) is 2.44. The fourth-order valence-electron chi connectivity index (χ4n) is 1.45. The summed E-state index contributed by atoms with van der Waals surface area (Å²) in [7, 11) is 0. The number of rotatable bonds is 3. The van der Waals surface area contributed by atoms with Crippen LogP contribution in [0.1, 0.15) is 12.7 Å². The summed E-state index contributed by atoms with van der Waals surface area (Å²) in [4.78, 5) is 0. The number of aliphatic hydroxyl groups is 1. The third-order valence-electron chi connectivity index (χ3n) is 2.13. The van der Waals surface area contributed by atoms with Crippen LogP contribution in [-0.2, 0) is 6.42 Å². The minimum Gasteiger partial charge on any atom is -0.393 e. The first-order valence-electron chi connectivity index (χ1n) is 4.95. The number of hydrogen-bond donors (Lipinski definition) is 1. The normalized spacial score (nSPS) is 12.7. The van der Waals surface area contributed by atoms with Crippen LogP contribution in [0.4, 0.5) is 0 Å². The van der Waals surface area contributed by atoms with Crippen LogP contribution < -0.4 is 0 Å². The van der Waals surface area contributed by atoms with Crippen LogP contribution in [0.25, 0.3) is 11.3 Å². The summed E-state index contributed by atoms with van der Waals surface area (Å²) >= 11 is 0. The van der Waals surface area contributed by atoms with Crippen molar-refractivity contribution in [1.82, 2.24) is 5.16 Å². The first-order chi connectivity index (χ1) is 7.25. The second kappa shape index (κ2) is 4.28. The van der Waals surface area contributed by atoms with E-state index in [-0.39, 0.29) is 0 Å². The second-order valence-electron chi connectivity index (χ2n) is 3.60. The predicted octanol–water partition coefficient (Wildman–Crippen LogP) is 2.26. The average molecular weight is 203 g/mol. The van der Waals surface area contributed by atoms with Gasteiger partial charge in [0.25, 0.3) is 0 Å². The van der Waals surface area contributed by atoms with Crippen LogP contribution in [0.3, 0.4) is 0 Å². The van der Waals surface area contributed by atoms with Crippen LogP contribution >= 0.6 is 0 Å². The van der Waals surface area contributed by atoms with Gasteiger partial charge in [0, 0.05) is 18.1 Å². The molecule has 1 N–H and O–H groups in total. The summed E-state index contributed by atoms with van der Waals surface area (Å²) in [5.41, 5.74) is 1.84. The van der Waals surface area contributed by atoms with Crippen molar-refractivity contribution in [1.29, 1.82) is 0 Å². The standard InChI is InChI=1S/C12H13NO2/c1-9(14)7-11-8-12(13-15-11)10-5-3-2-4-6-10/h2-6,8-9,14H,7H2,1H3. The van der Waals surface area contributed by atoms with Crippen molar-refractivity contribution in [3.05, 3.63) is 42.2 Å². The van der Waals surface area contributed by atoms with E-state index < -0.39 is 6.10 Å². The first kappa shape index (κ1) is 9.93. The Labute approximate surface area is 88.3 Å². The predicted molar refractivity (Wildman–Crippen MR) is 57.3 cm³/mol. The number of aromatic nitrogens is 1. The van der Waals surface area contributed by atoms with Gasteiger partial charge in [-0.3, -0.25) is 0 Å². The molecule has 0 aliphatic heterocycles. The molecule has 0 aliphatic rings. The Hall–Kier alpha value is -1.61. The SMILES string of the molecule is CC(O)Cc1cc(-c2ccccc2)no1. The maximum absolute atomic E-state index is 9.20. The van der Waals surface area contributed by atoms with E-state index in [1.165, 1.54) is 0 Å². The van der Waals surface area contributed by atoms with Gasteiger partial charge in [0.1, 0.15) is 11.5 Å². The van der Waals surface area contributed by atoms with E-state index in [1.807, 2.05) is 36.4 Å². The molecule has 0 aliphatic carbocycles. The lowest BCUT2D eigenvalue weighted by Crippen LogP contribution is -2.02. The number of hydrogen-bond acceptors (Lipinski definition) is 3. The van der Waals surface area contributed by atoms with Gasteiger partial charge in [0.15, 0.2) is 0 Å². The second-order valence-corrected chi connectivity index (χ2v) is 3.60. The smallest absolute Gasteiger partial charge is 0.139 e. The molecule has 0 saturated heterocycles. The van der Waals surface area contributed by atoms with E-state index >= 15 is 0 Å². The molecule has 78 valence electrons. The molecule has 2 rings (SSSR count). The van der Waals surface area contributed by atoms with Gasteiger partial charge in [-0.2, -0.15) is 0 Å². The fraction of sp³-hybridized carbons (Fsp3) is 0.250. The Morgan fingerprint density at radius 3 is 2.73 bits per heavy atom. The van der Waals surface area contributed by atoms with Gasteiger partial charge in [-0.15, -0.1) is 0 Å². The summed E-state index contributed by atoms with van der Waals surface area (Å²) < 4.78 is 5.12. The van der Waals surface area contributed by atoms with E-state index in [0.717, 1.165) is 11.3 Å². The van der Waals surface area contributed by atoms with Crippen molar-refractivity contribution in [3.8, 4) is 11.3 Å². The molecule has 1 unspecified atom stereocenters. The van der Waals surface area contributed by atoms with Crippen molar-refractivity contribution in [3.63, 3.8) is 0 Å². The van der Waals surface area contributed by atoms with E-state index in [4.69, 9.17) is 4.52 Å². The Morgan fingerprint density at radius 1 is 1.33 bits per heavy atom. The molecule has 0 amide bonds. The molecule has 1 aromatic carbocycles. The highest BCUT2D eigenvalue weighted by Gasteiger charge is 2.07. The molecule has 1 heterocycles. The highest BCUT2D eigenvalue weighted by atomic mass is 16.5. The molecule has 0 radical (unpaired) electrons. The third-order valence-corrected chi connectivity index (χ3v) is 2.13. The Morgan fingerprint density at radius 2 is 2.07 bits per heavy atom. The van der Waals surface area contributed by atoms with Crippen LogP contribution in [0.15, 0.2) is 40.9 Å². The molecule has 3 heteroatoms. The van der Waals surface area contributed by atoms with E-state index in [0.29, 0.717) is 12.2 Å². The van der Waals surface area contributed by atoms with Crippen LogP contribution in [0.5, 0.6) is 0 Å². The lowest BCUT2D eigenvalue weighted by molar-refractivity contribution is 0.183. The Balaban J connectivity index is 2.21. The first-order valence-corrected chi connectivity index (χ1v) is 4.95. The molecule has 0 saturated carbocycles. The van der Waals surface area contributed by atoms with Gasteiger partial charge in [-0.05, 0) is 6.92 Å². The van der Waals surface area contributed by atoms with Crippen molar-refractivity contribution < 1.29 is 9.63 Å². The molecule has 15 heavy (non-hydrogen) atoms. The maximum Gasteiger partial charge on any atom is 0.139 e. The van der Waals surface area contributed by atoms with Gasteiger partial charge in [0.05, 0.1) is 6.10 Å². The molecule has 1 aromatic heterocycles. The van der Waals surface area contributed by atoms with E-state index in [2.05, 4.69) is 5.16 Å². The highest BCUT2D eigenvalue weighted by Crippen LogP contribution is 2.19. The topological polar surface area (TPSA) is 46.3 Å². The minimum absolute atomic E-state index is 0.401. The van der Waals surface area contributed by atoms with Gasteiger partial charge < -0.3 is 9.63 Å². The summed E-state index contributed by atoms with van der Waals surface area (Å²) in [6.45, 7) is 1.73. The van der Waals surface area contributed by atoms with Crippen molar-refractivity contribution in [2.45, 2.75) is 19.4 Å². The number of aliphatic hydroxyl groups excluding tert-OH is 1. The largest absolute Gasteiger partial charge is 0.393 e. The maximum atomic E-state index is 9.20. The summed E-state index contributed by atoms with van der Waals surface area (Å²) in [6, 6.07) is 11.7. The monoisotopic (exact) mass is 203 g/mol. The Kier molecular flexibility index (Phi) is 2.83. The number of benzene rings is 1. The molecule has 0 spiro atoms. The lowest BCUT2D eigenvalue weighted by Gasteiger charge is -1.96. The van der Waals surface area contributed by atoms with Crippen LogP contribution in [0, 0.1) is 0 Å². The van der Waals surface area contributed by atoms with Gasteiger partial charge >= 0.3 is 0 Å². The Bertz CT molecular complexity index is 420. The molecule has 1 atom stereocenters. The minimum atomic E-state index is -0.401. The van der Waals surface area contributed by atoms with Crippen LogP contribution in [-0.4, -0.2) is 16.4 Å². The van der Waals surface area contributed by atoms with Crippen molar-refractivity contribution in [2.24, 2.45) is 0 Å². The number of nitrogens with zero attached hydrogens (tertiary/aromatic N) is 1. The van der Waals surface area contributed by atoms with Crippen LogP contribution in [0.2, 0.25) is 0 Å².